The van der Waals surface area contributed by atoms with E-state index in [1.807, 2.05) is 0 Å². The van der Waals surface area contributed by atoms with E-state index in [-0.39, 0.29) is 16.1 Å². The molecule has 2 aliphatic rings. The van der Waals surface area contributed by atoms with Crippen LogP contribution in [0.2, 0.25) is 0 Å². The van der Waals surface area contributed by atoms with E-state index in [1.54, 1.807) is 12.1 Å². The van der Waals surface area contributed by atoms with Crippen LogP contribution < -0.4 is 5.32 Å². The largest absolute Gasteiger partial charge is 0.322 e. The highest BCUT2D eigenvalue weighted by atomic mass is 32.2. The van der Waals surface area contributed by atoms with Crippen LogP contribution in [0.5, 0.6) is 0 Å². The van der Waals surface area contributed by atoms with Gasteiger partial charge in [0.15, 0.2) is 5.03 Å². The number of fused-ring (bicyclic) bond motifs is 2. The molecule has 2 heterocycles. The summed E-state index contributed by atoms with van der Waals surface area (Å²) in [5.74, 6) is 0.277. The van der Waals surface area contributed by atoms with Gasteiger partial charge in [0, 0.05) is 11.9 Å². The van der Waals surface area contributed by atoms with Crippen LogP contribution in [0.4, 0.5) is 11.6 Å². The lowest BCUT2D eigenvalue weighted by Crippen LogP contribution is -2.06. The summed E-state index contributed by atoms with van der Waals surface area (Å²) >= 11 is 0. The molecule has 2 N–H and O–H groups in total. The fourth-order valence-corrected chi connectivity index (χ4v) is 5.14. The van der Waals surface area contributed by atoms with Crippen molar-refractivity contribution < 1.29 is 8.42 Å². The quantitative estimate of drug-likeness (QED) is 0.721. The highest BCUT2D eigenvalue weighted by Gasteiger charge is 2.27. The number of rotatable bonds is 4. The average molecular weight is 381 g/mol. The van der Waals surface area contributed by atoms with Crippen molar-refractivity contribution in [3.05, 3.63) is 52.7 Å². The number of pyridine rings is 1. The van der Waals surface area contributed by atoms with Crippen LogP contribution in [0.25, 0.3) is 0 Å². The van der Waals surface area contributed by atoms with Gasteiger partial charge in [0.2, 0.25) is 5.95 Å². The van der Waals surface area contributed by atoms with Gasteiger partial charge < -0.3 is 5.32 Å². The lowest BCUT2D eigenvalue weighted by molar-refractivity contribution is 0.584. The van der Waals surface area contributed by atoms with Gasteiger partial charge in [-0.05, 0) is 72.9 Å². The van der Waals surface area contributed by atoms with E-state index in [2.05, 4.69) is 31.5 Å². The van der Waals surface area contributed by atoms with Gasteiger partial charge in [0.05, 0.1) is 0 Å². The van der Waals surface area contributed by atoms with Crippen molar-refractivity contribution in [3.8, 4) is 0 Å². The molecule has 3 aromatic rings. The molecule has 0 aliphatic heterocycles. The number of sulfone groups is 1. The molecule has 0 radical (unpaired) electrons. The van der Waals surface area contributed by atoms with E-state index in [0.717, 1.165) is 44.2 Å². The standard InChI is InChI=1S/C19H19N5O2S/c25-27(26,16-9-1-2-10-20-16)19-22-18(23-24-19)21-17-14-7-3-5-12(14)11-13-6-4-8-15(13)17/h1-2,9-11H,3-8H2,(H2,21,22,23,24). The summed E-state index contributed by atoms with van der Waals surface area (Å²) in [5, 5.41) is 9.71. The minimum atomic E-state index is -3.81. The first-order valence-corrected chi connectivity index (χ1v) is 10.6. The molecule has 0 spiro atoms. The van der Waals surface area contributed by atoms with Gasteiger partial charge in [-0.2, -0.15) is 4.98 Å². The van der Waals surface area contributed by atoms with Gasteiger partial charge in [-0.25, -0.2) is 18.5 Å². The molecule has 5 rings (SSSR count). The topological polar surface area (TPSA) is 101 Å². The lowest BCUT2D eigenvalue weighted by Gasteiger charge is -2.15. The summed E-state index contributed by atoms with van der Waals surface area (Å²) in [6.07, 6.45) is 8.03. The number of aromatic amines is 1. The molecular weight excluding hydrogens is 362 g/mol. The van der Waals surface area contributed by atoms with Crippen LogP contribution in [0, 0.1) is 0 Å². The van der Waals surface area contributed by atoms with E-state index in [9.17, 15) is 8.42 Å². The monoisotopic (exact) mass is 381 g/mol. The Kier molecular flexibility index (Phi) is 3.75. The maximum Gasteiger partial charge on any atom is 0.258 e. The summed E-state index contributed by atoms with van der Waals surface area (Å²) in [6.45, 7) is 0. The summed E-state index contributed by atoms with van der Waals surface area (Å²) in [4.78, 5) is 8.12. The van der Waals surface area contributed by atoms with Gasteiger partial charge in [-0.1, -0.05) is 12.1 Å². The van der Waals surface area contributed by atoms with Crippen molar-refractivity contribution in [1.82, 2.24) is 20.2 Å². The van der Waals surface area contributed by atoms with Gasteiger partial charge in [-0.15, -0.1) is 5.10 Å². The molecule has 0 saturated heterocycles. The minimum absolute atomic E-state index is 0.0470. The summed E-state index contributed by atoms with van der Waals surface area (Å²) in [5.41, 5.74) is 6.53. The van der Waals surface area contributed by atoms with Gasteiger partial charge in [0.1, 0.15) is 0 Å². The van der Waals surface area contributed by atoms with Gasteiger partial charge >= 0.3 is 0 Å². The normalized spacial score (nSPS) is 15.6. The fourth-order valence-electron chi connectivity index (χ4n) is 4.11. The minimum Gasteiger partial charge on any atom is -0.322 e. The highest BCUT2D eigenvalue weighted by Crippen LogP contribution is 2.39. The molecule has 2 aromatic heterocycles. The third-order valence-corrected chi connectivity index (χ3v) is 6.83. The number of aryl methyl sites for hydroxylation is 2. The van der Waals surface area contributed by atoms with Crippen molar-refractivity contribution in [3.63, 3.8) is 0 Å². The zero-order valence-corrected chi connectivity index (χ0v) is 15.5. The molecule has 0 unspecified atom stereocenters. The number of aromatic nitrogens is 4. The Bertz CT molecular complexity index is 1090. The van der Waals surface area contributed by atoms with Crippen LogP contribution >= 0.6 is 0 Å². The molecule has 0 saturated carbocycles. The Labute approximate surface area is 157 Å². The predicted octanol–water partition coefficient (Wildman–Crippen LogP) is 2.75. The highest BCUT2D eigenvalue weighted by molar-refractivity contribution is 7.91. The van der Waals surface area contributed by atoms with E-state index in [4.69, 9.17) is 0 Å². The first-order valence-electron chi connectivity index (χ1n) is 9.15. The number of anilines is 2. The molecule has 2 aliphatic carbocycles. The summed E-state index contributed by atoms with van der Waals surface area (Å²) in [6, 6.07) is 7.10. The molecule has 0 atom stereocenters. The molecule has 0 bridgehead atoms. The predicted molar refractivity (Wildman–Crippen MR) is 99.8 cm³/mol. The Balaban J connectivity index is 1.51. The second kappa shape index (κ2) is 6.16. The molecule has 0 amide bonds. The van der Waals surface area contributed by atoms with Crippen molar-refractivity contribution in [2.75, 3.05) is 5.32 Å². The first-order chi connectivity index (χ1) is 13.1. The number of hydrogen-bond donors (Lipinski definition) is 2. The maximum atomic E-state index is 12.6. The number of nitrogens with zero attached hydrogens (tertiary/aromatic N) is 3. The van der Waals surface area contributed by atoms with Crippen LogP contribution in [0.15, 0.2) is 40.6 Å². The maximum absolute atomic E-state index is 12.6. The molecule has 27 heavy (non-hydrogen) atoms. The van der Waals surface area contributed by atoms with Crippen molar-refractivity contribution in [2.45, 2.75) is 48.7 Å². The number of nitrogens with one attached hydrogen (secondary N) is 2. The molecule has 7 nitrogen and oxygen atoms in total. The first kappa shape index (κ1) is 16.4. The van der Waals surface area contributed by atoms with Crippen LogP contribution in [-0.4, -0.2) is 28.6 Å². The van der Waals surface area contributed by atoms with Crippen molar-refractivity contribution in [2.24, 2.45) is 0 Å². The Morgan fingerprint density at radius 1 is 1.00 bits per heavy atom. The van der Waals surface area contributed by atoms with E-state index < -0.39 is 9.84 Å². The SMILES string of the molecule is O=S(=O)(c1ccccn1)c1nc(Nc2c3c(cc4c2CCC4)CCC3)n[nH]1. The second-order valence-corrected chi connectivity index (χ2v) is 8.81. The number of H-pyrrole nitrogens is 1. The Hall–Kier alpha value is -2.74. The molecule has 0 fully saturated rings. The zero-order chi connectivity index (χ0) is 18.4. The lowest BCUT2D eigenvalue weighted by atomic mass is 9.99. The number of benzene rings is 1. The molecule has 8 heteroatoms. The Morgan fingerprint density at radius 2 is 1.74 bits per heavy atom. The number of hydrogen-bond acceptors (Lipinski definition) is 6. The van der Waals surface area contributed by atoms with Crippen LogP contribution in [0.1, 0.15) is 35.1 Å². The van der Waals surface area contributed by atoms with E-state index in [0.29, 0.717) is 0 Å². The van der Waals surface area contributed by atoms with Crippen molar-refractivity contribution in [1.29, 1.82) is 0 Å². The van der Waals surface area contributed by atoms with Gasteiger partial charge in [0.25, 0.3) is 15.0 Å². The Morgan fingerprint density at radius 3 is 2.41 bits per heavy atom. The van der Waals surface area contributed by atoms with E-state index in [1.165, 1.54) is 34.5 Å². The van der Waals surface area contributed by atoms with E-state index >= 15 is 0 Å². The van der Waals surface area contributed by atoms with Crippen molar-refractivity contribution >= 4 is 21.5 Å². The van der Waals surface area contributed by atoms with Crippen LogP contribution in [-0.2, 0) is 35.5 Å². The average Bonchev–Trinajstić information content (AvgIpc) is 3.42. The zero-order valence-electron chi connectivity index (χ0n) is 14.7. The van der Waals surface area contributed by atoms with Crippen LogP contribution in [0.3, 0.4) is 0 Å². The molecule has 1 aromatic carbocycles. The third-order valence-electron chi connectivity index (χ3n) is 5.34. The third kappa shape index (κ3) is 2.71. The second-order valence-electron chi connectivity index (χ2n) is 6.99. The van der Waals surface area contributed by atoms with Gasteiger partial charge in [-0.3, -0.25) is 0 Å². The summed E-state index contributed by atoms with van der Waals surface area (Å²) < 4.78 is 25.3. The molecular formula is C19H19N5O2S. The summed E-state index contributed by atoms with van der Waals surface area (Å²) in [7, 11) is -3.81. The smallest absolute Gasteiger partial charge is 0.258 e. The fraction of sp³-hybridized carbons (Fsp3) is 0.316. The molecule has 138 valence electrons.